The van der Waals surface area contributed by atoms with Gasteiger partial charge in [-0.3, -0.25) is 0 Å². The highest BCUT2D eigenvalue weighted by Crippen LogP contribution is 2.20. The zero-order chi connectivity index (χ0) is 12.3. The number of nitrogens with zero attached hydrogens (tertiary/aromatic N) is 1. The Balaban J connectivity index is 2.59. The van der Waals surface area contributed by atoms with Crippen LogP contribution in [0.15, 0.2) is 0 Å². The van der Waals surface area contributed by atoms with Gasteiger partial charge in [0.1, 0.15) is 5.60 Å². The van der Waals surface area contributed by atoms with E-state index >= 15 is 0 Å². The number of hydrogen-bond acceptors (Lipinski definition) is 3. The Morgan fingerprint density at radius 1 is 1.38 bits per heavy atom. The summed E-state index contributed by atoms with van der Waals surface area (Å²) in [5.74, 6) is 0. The predicted molar refractivity (Wildman–Crippen MR) is 64.5 cm³/mol. The van der Waals surface area contributed by atoms with Crippen LogP contribution in [0.2, 0.25) is 0 Å². The minimum absolute atomic E-state index is 0.194. The molecule has 1 saturated heterocycles. The molecule has 0 aromatic heterocycles. The molecule has 0 radical (unpaired) electrons. The number of hydrogen-bond donors (Lipinski definition) is 1. The van der Waals surface area contributed by atoms with E-state index in [9.17, 15) is 4.79 Å². The van der Waals surface area contributed by atoms with Crippen LogP contribution in [-0.2, 0) is 4.74 Å². The average molecular weight is 228 g/mol. The topological polar surface area (TPSA) is 41.6 Å². The fourth-order valence-electron chi connectivity index (χ4n) is 1.92. The zero-order valence-corrected chi connectivity index (χ0v) is 11.0. The summed E-state index contributed by atoms with van der Waals surface area (Å²) in [4.78, 5) is 13.8. The third-order valence-corrected chi connectivity index (χ3v) is 2.92. The van der Waals surface area contributed by atoms with Gasteiger partial charge in [-0.25, -0.2) is 4.79 Å². The zero-order valence-electron chi connectivity index (χ0n) is 11.0. The minimum Gasteiger partial charge on any atom is -0.444 e. The first kappa shape index (κ1) is 13.3. The fraction of sp³-hybridized carbons (Fsp3) is 0.917. The van der Waals surface area contributed by atoms with E-state index in [0.29, 0.717) is 6.04 Å². The van der Waals surface area contributed by atoms with Gasteiger partial charge in [0.05, 0.1) is 0 Å². The van der Waals surface area contributed by atoms with Gasteiger partial charge in [-0.2, -0.15) is 0 Å². The van der Waals surface area contributed by atoms with Gasteiger partial charge in [0.25, 0.3) is 0 Å². The molecule has 0 spiro atoms. The SMILES string of the molecule is CN[C@H]1CC[C@H](C)N(C(=O)OC(C)(C)C)C1. The van der Waals surface area contributed by atoms with Crippen molar-refractivity contribution >= 4 is 6.09 Å². The maximum Gasteiger partial charge on any atom is 0.410 e. The number of rotatable bonds is 1. The fourth-order valence-corrected chi connectivity index (χ4v) is 1.92. The third-order valence-electron chi connectivity index (χ3n) is 2.92. The maximum absolute atomic E-state index is 12.0. The van der Waals surface area contributed by atoms with E-state index < -0.39 is 5.60 Å². The van der Waals surface area contributed by atoms with Crippen molar-refractivity contribution in [2.45, 2.75) is 58.2 Å². The first-order valence-electron chi connectivity index (χ1n) is 6.00. The molecule has 1 rings (SSSR count). The average Bonchev–Trinajstić information content (AvgIpc) is 2.15. The summed E-state index contributed by atoms with van der Waals surface area (Å²) in [5, 5.41) is 3.22. The van der Waals surface area contributed by atoms with E-state index in [0.717, 1.165) is 19.4 Å². The van der Waals surface area contributed by atoms with Crippen LogP contribution in [0.3, 0.4) is 0 Å². The van der Waals surface area contributed by atoms with Crippen molar-refractivity contribution in [1.29, 1.82) is 0 Å². The van der Waals surface area contributed by atoms with Gasteiger partial charge in [0.15, 0.2) is 0 Å². The van der Waals surface area contributed by atoms with Crippen molar-refractivity contribution in [2.75, 3.05) is 13.6 Å². The number of likely N-dealkylation sites (N-methyl/N-ethyl adjacent to an activating group) is 1. The minimum atomic E-state index is -0.413. The lowest BCUT2D eigenvalue weighted by Crippen LogP contribution is -2.52. The Labute approximate surface area is 98.3 Å². The van der Waals surface area contributed by atoms with Crippen LogP contribution in [0.1, 0.15) is 40.5 Å². The Hall–Kier alpha value is -0.770. The van der Waals surface area contributed by atoms with E-state index in [1.165, 1.54) is 0 Å². The molecule has 0 bridgehead atoms. The van der Waals surface area contributed by atoms with Gasteiger partial charge in [-0.05, 0) is 47.6 Å². The summed E-state index contributed by atoms with van der Waals surface area (Å²) < 4.78 is 5.40. The largest absolute Gasteiger partial charge is 0.444 e. The number of amides is 1. The normalized spacial score (nSPS) is 26.7. The third kappa shape index (κ3) is 3.67. The Morgan fingerprint density at radius 3 is 2.50 bits per heavy atom. The molecular weight excluding hydrogens is 204 g/mol. The number of ether oxygens (including phenoxy) is 1. The van der Waals surface area contributed by atoms with Gasteiger partial charge in [0.2, 0.25) is 0 Å². The maximum atomic E-state index is 12.0. The van der Waals surface area contributed by atoms with E-state index in [1.807, 2.05) is 32.7 Å². The van der Waals surface area contributed by atoms with E-state index in [-0.39, 0.29) is 12.1 Å². The van der Waals surface area contributed by atoms with Crippen molar-refractivity contribution in [2.24, 2.45) is 0 Å². The number of carbonyl (C=O) groups excluding carboxylic acids is 1. The van der Waals surface area contributed by atoms with Gasteiger partial charge >= 0.3 is 6.09 Å². The molecule has 1 N–H and O–H groups in total. The molecular formula is C12H24N2O2. The number of likely N-dealkylation sites (tertiary alicyclic amines) is 1. The summed E-state index contributed by atoms with van der Waals surface area (Å²) in [6, 6.07) is 0.670. The number of carbonyl (C=O) groups is 1. The highest BCUT2D eigenvalue weighted by atomic mass is 16.6. The molecule has 1 amide bonds. The van der Waals surface area contributed by atoms with Crippen LogP contribution in [-0.4, -0.2) is 42.3 Å². The van der Waals surface area contributed by atoms with Crippen molar-refractivity contribution in [3.8, 4) is 0 Å². The molecule has 1 aliphatic heterocycles. The molecule has 0 aliphatic carbocycles. The molecule has 1 heterocycles. The predicted octanol–water partition coefficient (Wildman–Crippen LogP) is 1.99. The molecule has 0 unspecified atom stereocenters. The van der Waals surface area contributed by atoms with Gasteiger partial charge in [0, 0.05) is 18.6 Å². The highest BCUT2D eigenvalue weighted by molar-refractivity contribution is 5.68. The van der Waals surface area contributed by atoms with E-state index in [4.69, 9.17) is 4.74 Å². The second-order valence-corrected chi connectivity index (χ2v) is 5.54. The lowest BCUT2D eigenvalue weighted by molar-refractivity contribution is 0.00868. The van der Waals surface area contributed by atoms with Gasteiger partial charge < -0.3 is 15.0 Å². The van der Waals surface area contributed by atoms with Crippen LogP contribution in [0, 0.1) is 0 Å². The Morgan fingerprint density at radius 2 is 2.00 bits per heavy atom. The van der Waals surface area contributed by atoms with Crippen LogP contribution < -0.4 is 5.32 Å². The molecule has 94 valence electrons. The van der Waals surface area contributed by atoms with Crippen molar-refractivity contribution in [3.63, 3.8) is 0 Å². The summed E-state index contributed by atoms with van der Waals surface area (Å²) in [6.45, 7) is 8.52. The smallest absolute Gasteiger partial charge is 0.410 e. The van der Waals surface area contributed by atoms with Crippen LogP contribution in [0.5, 0.6) is 0 Å². The summed E-state index contributed by atoms with van der Waals surface area (Å²) in [7, 11) is 1.94. The van der Waals surface area contributed by atoms with Crippen LogP contribution in [0.4, 0.5) is 4.79 Å². The van der Waals surface area contributed by atoms with Crippen LogP contribution in [0.25, 0.3) is 0 Å². The molecule has 4 nitrogen and oxygen atoms in total. The molecule has 16 heavy (non-hydrogen) atoms. The summed E-state index contributed by atoms with van der Waals surface area (Å²) >= 11 is 0. The molecule has 0 aromatic carbocycles. The van der Waals surface area contributed by atoms with Gasteiger partial charge in [-0.15, -0.1) is 0 Å². The van der Waals surface area contributed by atoms with Crippen molar-refractivity contribution in [3.05, 3.63) is 0 Å². The van der Waals surface area contributed by atoms with Gasteiger partial charge in [-0.1, -0.05) is 0 Å². The highest BCUT2D eigenvalue weighted by Gasteiger charge is 2.31. The number of piperidine rings is 1. The standard InChI is InChI=1S/C12H24N2O2/c1-9-6-7-10(13-5)8-14(9)11(15)16-12(2,3)4/h9-10,13H,6-8H2,1-5H3/t9-,10-/m0/s1. The van der Waals surface area contributed by atoms with Crippen LogP contribution >= 0.6 is 0 Å². The first-order valence-corrected chi connectivity index (χ1v) is 6.00. The molecule has 1 fully saturated rings. The monoisotopic (exact) mass is 228 g/mol. The summed E-state index contributed by atoms with van der Waals surface area (Å²) in [5.41, 5.74) is -0.413. The lowest BCUT2D eigenvalue weighted by Gasteiger charge is -2.38. The summed E-state index contributed by atoms with van der Waals surface area (Å²) in [6.07, 6.45) is 1.96. The van der Waals surface area contributed by atoms with Crippen molar-refractivity contribution < 1.29 is 9.53 Å². The molecule has 0 saturated carbocycles. The van der Waals surface area contributed by atoms with Crippen molar-refractivity contribution in [1.82, 2.24) is 10.2 Å². The number of nitrogens with one attached hydrogen (secondary N) is 1. The quantitative estimate of drug-likeness (QED) is 0.746. The van der Waals surface area contributed by atoms with E-state index in [1.54, 1.807) is 0 Å². The first-order chi connectivity index (χ1) is 7.33. The Bertz CT molecular complexity index is 248. The van der Waals surface area contributed by atoms with E-state index in [2.05, 4.69) is 12.2 Å². The molecule has 2 atom stereocenters. The second-order valence-electron chi connectivity index (χ2n) is 5.54. The molecule has 1 aliphatic rings. The Kier molecular flexibility index (Phi) is 4.19. The second kappa shape index (κ2) is 5.04. The lowest BCUT2D eigenvalue weighted by atomic mass is 10.0. The molecule has 4 heteroatoms. The molecule has 0 aromatic rings.